The van der Waals surface area contributed by atoms with Gasteiger partial charge in [-0.3, -0.25) is 14.2 Å². The molecule has 0 aliphatic rings. The molecule has 0 spiro atoms. The summed E-state index contributed by atoms with van der Waals surface area (Å²) in [4.78, 5) is 26.1. The van der Waals surface area contributed by atoms with Gasteiger partial charge in [-0.1, -0.05) is 5.57 Å². The van der Waals surface area contributed by atoms with Crippen LogP contribution in [-0.4, -0.2) is 21.2 Å². The Morgan fingerprint density at radius 3 is 2.60 bits per heavy atom. The summed E-state index contributed by atoms with van der Waals surface area (Å²) in [5.74, 6) is 0.584. The molecule has 0 N–H and O–H groups in total. The van der Waals surface area contributed by atoms with E-state index in [9.17, 15) is 9.59 Å². The van der Waals surface area contributed by atoms with Gasteiger partial charge in [-0.05, 0) is 19.9 Å². The van der Waals surface area contributed by atoms with Crippen molar-refractivity contribution in [1.29, 1.82) is 0 Å². The second-order valence-electron chi connectivity index (χ2n) is 3.54. The highest BCUT2D eigenvalue weighted by Gasteiger charge is 2.04. The Hall–Kier alpha value is -1.71. The van der Waals surface area contributed by atoms with Gasteiger partial charge >= 0.3 is 0 Å². The maximum atomic E-state index is 11.2. The molecule has 1 rings (SSSR count). The molecule has 0 radical (unpaired) electrons. The van der Waals surface area contributed by atoms with E-state index in [0.717, 1.165) is 5.57 Å². The summed E-state index contributed by atoms with van der Waals surface area (Å²) < 4.78 is 1.45. The lowest BCUT2D eigenvalue weighted by Gasteiger charge is -2.00. The predicted molar refractivity (Wildman–Crippen MR) is 57.5 cm³/mol. The maximum Gasteiger partial charge on any atom is 0.229 e. The van der Waals surface area contributed by atoms with E-state index in [1.165, 1.54) is 18.4 Å². The number of allylic oxidation sites excluding steroid dienone is 1. The van der Waals surface area contributed by atoms with Crippen LogP contribution < -0.4 is 0 Å². The van der Waals surface area contributed by atoms with Crippen molar-refractivity contribution in [3.63, 3.8) is 0 Å². The highest BCUT2D eigenvalue weighted by Crippen LogP contribution is 2.08. The second-order valence-corrected chi connectivity index (χ2v) is 3.54. The van der Waals surface area contributed by atoms with E-state index >= 15 is 0 Å². The van der Waals surface area contributed by atoms with Crippen LogP contribution in [0.5, 0.6) is 0 Å². The van der Waals surface area contributed by atoms with Crippen LogP contribution in [0.3, 0.4) is 0 Å². The molecule has 4 heteroatoms. The summed E-state index contributed by atoms with van der Waals surface area (Å²) in [6.07, 6.45) is 5.32. The fourth-order valence-electron chi connectivity index (χ4n) is 1.35. The van der Waals surface area contributed by atoms with Crippen molar-refractivity contribution >= 4 is 17.8 Å². The van der Waals surface area contributed by atoms with Crippen molar-refractivity contribution in [3.8, 4) is 0 Å². The van der Waals surface area contributed by atoms with Gasteiger partial charge in [0.25, 0.3) is 0 Å². The zero-order chi connectivity index (χ0) is 11.4. The normalized spacial score (nSPS) is 11.5. The maximum absolute atomic E-state index is 11.2. The monoisotopic (exact) mass is 206 g/mol. The molecule has 0 unspecified atom stereocenters. The van der Waals surface area contributed by atoms with Crippen LogP contribution in [0, 0.1) is 0 Å². The van der Waals surface area contributed by atoms with E-state index in [-0.39, 0.29) is 11.7 Å². The molecule has 1 heterocycles. The van der Waals surface area contributed by atoms with Crippen LogP contribution in [0.15, 0.2) is 18.0 Å². The highest BCUT2D eigenvalue weighted by atomic mass is 16.1. The first-order valence-corrected chi connectivity index (χ1v) is 4.71. The van der Waals surface area contributed by atoms with Crippen molar-refractivity contribution in [2.75, 3.05) is 0 Å². The fraction of sp³-hybridized carbons (Fsp3) is 0.364. The lowest BCUT2D eigenvalue weighted by molar-refractivity contribution is -0.116. The highest BCUT2D eigenvalue weighted by molar-refractivity contribution is 5.81. The Morgan fingerprint density at radius 1 is 1.40 bits per heavy atom. The van der Waals surface area contributed by atoms with Crippen molar-refractivity contribution in [1.82, 2.24) is 9.55 Å². The molecular formula is C11H14N2O2. The minimum absolute atomic E-state index is 0.0885. The van der Waals surface area contributed by atoms with Crippen LogP contribution in [0.2, 0.25) is 0 Å². The molecule has 0 bridgehead atoms. The summed E-state index contributed by atoms with van der Waals surface area (Å²) in [7, 11) is 0. The molecule has 15 heavy (non-hydrogen) atoms. The SMILES string of the molecule is CC(=O)C/C(C)=C/c1nccn1C(C)=O. The van der Waals surface area contributed by atoms with Crippen molar-refractivity contribution in [2.45, 2.75) is 27.2 Å². The van der Waals surface area contributed by atoms with Crippen LogP contribution in [-0.2, 0) is 4.79 Å². The van der Waals surface area contributed by atoms with Crippen molar-refractivity contribution < 1.29 is 9.59 Å². The Balaban J connectivity index is 2.92. The standard InChI is InChI=1S/C11H14N2O2/c1-8(6-9(2)14)7-11-12-4-5-13(11)10(3)15/h4-5,7H,6H2,1-3H3/b8-7+. The van der Waals surface area contributed by atoms with E-state index in [1.807, 2.05) is 6.92 Å². The van der Waals surface area contributed by atoms with Gasteiger partial charge in [0.05, 0.1) is 0 Å². The Bertz CT molecular complexity index is 416. The number of hydrogen-bond acceptors (Lipinski definition) is 3. The van der Waals surface area contributed by atoms with Crippen LogP contribution in [0.4, 0.5) is 0 Å². The van der Waals surface area contributed by atoms with Gasteiger partial charge in [-0.25, -0.2) is 4.98 Å². The third kappa shape index (κ3) is 3.16. The number of hydrogen-bond donors (Lipinski definition) is 0. The second kappa shape index (κ2) is 4.68. The molecule has 0 fully saturated rings. The lowest BCUT2D eigenvalue weighted by atomic mass is 10.1. The molecule has 1 aromatic rings. The van der Waals surface area contributed by atoms with Crippen molar-refractivity contribution in [2.24, 2.45) is 0 Å². The molecule has 0 aromatic carbocycles. The average Bonchev–Trinajstić information content (AvgIpc) is 2.50. The molecule has 0 aliphatic heterocycles. The Kier molecular flexibility index (Phi) is 3.55. The van der Waals surface area contributed by atoms with Crippen LogP contribution >= 0.6 is 0 Å². The lowest BCUT2D eigenvalue weighted by Crippen LogP contribution is -2.06. The van der Waals surface area contributed by atoms with E-state index in [2.05, 4.69) is 4.98 Å². The summed E-state index contributed by atoms with van der Waals surface area (Å²) in [6, 6.07) is 0. The number of carbonyl (C=O) groups excluding carboxylic acids is 2. The van der Waals surface area contributed by atoms with Crippen LogP contribution in [0.25, 0.3) is 6.08 Å². The zero-order valence-electron chi connectivity index (χ0n) is 9.15. The van der Waals surface area contributed by atoms with Gasteiger partial charge in [0.15, 0.2) is 0 Å². The number of imidazole rings is 1. The first kappa shape index (κ1) is 11.4. The predicted octanol–water partition coefficient (Wildman–Crippen LogP) is 1.93. The number of Topliss-reactive ketones (excluding diaryl/α,β-unsaturated/α-hetero) is 1. The summed E-state index contributed by atoms with van der Waals surface area (Å²) >= 11 is 0. The number of aromatic nitrogens is 2. The van der Waals surface area contributed by atoms with E-state index in [4.69, 9.17) is 0 Å². The zero-order valence-corrected chi connectivity index (χ0v) is 9.15. The number of carbonyl (C=O) groups is 2. The van der Waals surface area contributed by atoms with Gasteiger partial charge in [0.2, 0.25) is 5.91 Å². The summed E-state index contributed by atoms with van der Waals surface area (Å²) in [6.45, 7) is 4.86. The minimum atomic E-state index is -0.0885. The minimum Gasteiger partial charge on any atom is -0.300 e. The average molecular weight is 206 g/mol. The van der Waals surface area contributed by atoms with E-state index < -0.39 is 0 Å². The first-order chi connectivity index (χ1) is 7.00. The van der Waals surface area contributed by atoms with Gasteiger partial charge in [0, 0.05) is 25.7 Å². The molecule has 0 aliphatic carbocycles. The largest absolute Gasteiger partial charge is 0.300 e. The van der Waals surface area contributed by atoms with Gasteiger partial charge in [0.1, 0.15) is 11.6 Å². The molecule has 0 saturated heterocycles. The van der Waals surface area contributed by atoms with E-state index in [1.54, 1.807) is 18.5 Å². The Morgan fingerprint density at radius 2 is 2.07 bits per heavy atom. The topological polar surface area (TPSA) is 52.0 Å². The molecule has 4 nitrogen and oxygen atoms in total. The van der Waals surface area contributed by atoms with Crippen molar-refractivity contribution in [3.05, 3.63) is 23.8 Å². The third-order valence-electron chi connectivity index (χ3n) is 1.91. The smallest absolute Gasteiger partial charge is 0.229 e. The summed E-state index contributed by atoms with van der Waals surface area (Å²) in [5, 5.41) is 0. The molecule has 0 amide bonds. The summed E-state index contributed by atoms with van der Waals surface area (Å²) in [5.41, 5.74) is 0.899. The number of nitrogens with zero attached hydrogens (tertiary/aromatic N) is 2. The first-order valence-electron chi connectivity index (χ1n) is 4.71. The number of rotatable bonds is 3. The molecule has 80 valence electrons. The fourth-order valence-corrected chi connectivity index (χ4v) is 1.35. The molecular weight excluding hydrogens is 192 g/mol. The quantitative estimate of drug-likeness (QED) is 0.759. The van der Waals surface area contributed by atoms with Crippen LogP contribution in [0.1, 0.15) is 37.8 Å². The molecule has 0 atom stereocenters. The van der Waals surface area contributed by atoms with E-state index in [0.29, 0.717) is 12.2 Å². The molecule has 1 aromatic heterocycles. The van der Waals surface area contributed by atoms with Gasteiger partial charge < -0.3 is 0 Å². The Labute approximate surface area is 88.6 Å². The third-order valence-corrected chi connectivity index (χ3v) is 1.91. The number of ketones is 1. The molecule has 0 saturated carbocycles. The van der Waals surface area contributed by atoms with Gasteiger partial charge in [-0.2, -0.15) is 0 Å². The van der Waals surface area contributed by atoms with Gasteiger partial charge in [-0.15, -0.1) is 0 Å².